The van der Waals surface area contributed by atoms with Crippen LogP contribution in [0.4, 0.5) is 0 Å². The average Bonchev–Trinajstić information content (AvgIpc) is 2.54. The first-order chi connectivity index (χ1) is 10.7. The minimum Gasteiger partial charge on any atom is -0.469 e. The van der Waals surface area contributed by atoms with Crippen molar-refractivity contribution in [1.29, 1.82) is 0 Å². The van der Waals surface area contributed by atoms with Gasteiger partial charge in [0, 0.05) is 24.1 Å². The van der Waals surface area contributed by atoms with Gasteiger partial charge in [0.2, 0.25) is 0 Å². The molecule has 22 heavy (non-hydrogen) atoms. The van der Waals surface area contributed by atoms with Crippen molar-refractivity contribution < 1.29 is 9.53 Å². The predicted molar refractivity (Wildman–Crippen MR) is 91.3 cm³/mol. The van der Waals surface area contributed by atoms with Gasteiger partial charge in [-0.15, -0.1) is 0 Å². The Hall–Kier alpha value is -1.12. The lowest BCUT2D eigenvalue weighted by atomic mass is 9.75. The van der Waals surface area contributed by atoms with E-state index in [1.54, 1.807) is 0 Å². The molecule has 0 N–H and O–H groups in total. The van der Waals surface area contributed by atoms with E-state index in [9.17, 15) is 4.79 Å². The summed E-state index contributed by atoms with van der Waals surface area (Å²) in [6, 6.07) is 0.518. The molecule has 1 atom stereocenters. The number of allylic oxidation sites excluding steroid dienone is 2. The summed E-state index contributed by atoms with van der Waals surface area (Å²) in [6.07, 6.45) is 20.4. The van der Waals surface area contributed by atoms with Crippen LogP contribution in [0.1, 0.15) is 77.0 Å². The van der Waals surface area contributed by atoms with E-state index in [4.69, 9.17) is 9.73 Å². The van der Waals surface area contributed by atoms with Crippen molar-refractivity contribution in [3.63, 3.8) is 0 Å². The Morgan fingerprint density at radius 1 is 1.18 bits per heavy atom. The van der Waals surface area contributed by atoms with Crippen LogP contribution in [0.5, 0.6) is 0 Å². The van der Waals surface area contributed by atoms with Gasteiger partial charge in [-0.3, -0.25) is 9.79 Å². The number of hydrogen-bond acceptors (Lipinski definition) is 3. The van der Waals surface area contributed by atoms with Gasteiger partial charge in [-0.2, -0.15) is 0 Å². The van der Waals surface area contributed by atoms with Crippen LogP contribution in [0.2, 0.25) is 0 Å². The van der Waals surface area contributed by atoms with Crippen LogP contribution in [0, 0.1) is 5.41 Å². The molecule has 3 nitrogen and oxygen atoms in total. The smallest absolute Gasteiger partial charge is 0.305 e. The molecule has 0 aromatic rings. The van der Waals surface area contributed by atoms with Crippen LogP contribution in [-0.4, -0.2) is 25.3 Å². The zero-order valence-corrected chi connectivity index (χ0v) is 14.1. The van der Waals surface area contributed by atoms with Gasteiger partial charge in [0.05, 0.1) is 7.11 Å². The molecule has 1 saturated carbocycles. The van der Waals surface area contributed by atoms with E-state index in [1.807, 2.05) is 0 Å². The molecule has 3 heteroatoms. The highest BCUT2D eigenvalue weighted by molar-refractivity contribution is 5.71. The largest absolute Gasteiger partial charge is 0.469 e. The zero-order chi connectivity index (χ0) is 15.7. The number of aliphatic imine (C=N–C) groups is 1. The Bertz CT molecular complexity index is 396. The van der Waals surface area contributed by atoms with E-state index in [1.165, 1.54) is 45.6 Å². The van der Waals surface area contributed by atoms with Gasteiger partial charge in [0.15, 0.2) is 0 Å². The molecule has 0 aliphatic heterocycles. The summed E-state index contributed by atoms with van der Waals surface area (Å²) in [7, 11) is 1.48. The molecule has 124 valence electrons. The van der Waals surface area contributed by atoms with Gasteiger partial charge >= 0.3 is 5.97 Å². The number of ether oxygens (including phenoxy) is 1. The highest BCUT2D eigenvalue weighted by atomic mass is 16.5. The molecule has 0 radical (unpaired) electrons. The number of hydrogen-bond donors (Lipinski definition) is 0. The Kier molecular flexibility index (Phi) is 7.14. The number of esters is 1. The SMILES string of the molecule is COC(=O)CCC1(C=NC2CCCCC2)CC/C=C\CCC1. The highest BCUT2D eigenvalue weighted by Crippen LogP contribution is 2.36. The lowest BCUT2D eigenvalue weighted by Crippen LogP contribution is -2.26. The van der Waals surface area contributed by atoms with Crippen molar-refractivity contribution in [3.05, 3.63) is 12.2 Å². The third-order valence-electron chi connectivity index (χ3n) is 5.21. The topological polar surface area (TPSA) is 38.7 Å². The molecule has 0 saturated heterocycles. The number of methoxy groups -OCH3 is 1. The summed E-state index contributed by atoms with van der Waals surface area (Å²) >= 11 is 0. The molecule has 0 aromatic carbocycles. The van der Waals surface area contributed by atoms with Crippen LogP contribution >= 0.6 is 0 Å². The third kappa shape index (κ3) is 5.58. The maximum absolute atomic E-state index is 11.6. The van der Waals surface area contributed by atoms with E-state index in [0.717, 1.165) is 32.1 Å². The molecular formula is C19H31NO2. The predicted octanol–water partition coefficient (Wildman–Crippen LogP) is 4.85. The number of nitrogens with zero attached hydrogens (tertiary/aromatic N) is 1. The first-order valence-corrected chi connectivity index (χ1v) is 9.00. The standard InChI is InChI=1S/C19H31NO2/c1-22-18(21)12-15-19(13-8-3-2-4-9-14-19)16-20-17-10-6-5-7-11-17/h2-3,16-17H,4-15H2,1H3/b3-2-,20-16?. The zero-order valence-electron chi connectivity index (χ0n) is 14.1. The van der Waals surface area contributed by atoms with Crippen molar-refractivity contribution >= 4 is 12.2 Å². The fourth-order valence-electron chi connectivity index (χ4n) is 3.69. The van der Waals surface area contributed by atoms with Crippen molar-refractivity contribution in [2.45, 2.75) is 83.1 Å². The summed E-state index contributed by atoms with van der Waals surface area (Å²) in [5.74, 6) is -0.0944. The third-order valence-corrected chi connectivity index (χ3v) is 5.21. The molecule has 0 bridgehead atoms. The quantitative estimate of drug-likeness (QED) is 0.414. The normalized spacial score (nSPS) is 29.0. The molecule has 0 spiro atoms. The molecule has 1 fully saturated rings. The first kappa shape index (κ1) is 17.2. The molecule has 2 aliphatic carbocycles. The number of carbonyl (C=O) groups is 1. The van der Waals surface area contributed by atoms with Crippen molar-refractivity contribution in [2.24, 2.45) is 10.4 Å². The lowest BCUT2D eigenvalue weighted by molar-refractivity contribution is -0.141. The number of carbonyl (C=O) groups excluding carboxylic acids is 1. The fourth-order valence-corrected chi connectivity index (χ4v) is 3.69. The first-order valence-electron chi connectivity index (χ1n) is 9.00. The van der Waals surface area contributed by atoms with E-state index in [0.29, 0.717) is 12.5 Å². The maximum atomic E-state index is 11.6. The van der Waals surface area contributed by atoms with Crippen molar-refractivity contribution in [3.8, 4) is 0 Å². The van der Waals surface area contributed by atoms with Gasteiger partial charge in [-0.25, -0.2) is 0 Å². The van der Waals surface area contributed by atoms with Gasteiger partial charge in [0.1, 0.15) is 0 Å². The lowest BCUT2D eigenvalue weighted by Gasteiger charge is -2.31. The Morgan fingerprint density at radius 3 is 2.73 bits per heavy atom. The molecule has 1 unspecified atom stereocenters. The number of rotatable bonds is 5. The second-order valence-corrected chi connectivity index (χ2v) is 6.91. The van der Waals surface area contributed by atoms with Gasteiger partial charge in [-0.1, -0.05) is 31.4 Å². The summed E-state index contributed by atoms with van der Waals surface area (Å²) in [5, 5.41) is 0. The van der Waals surface area contributed by atoms with Gasteiger partial charge < -0.3 is 4.74 Å². The molecule has 2 aliphatic rings. The Balaban J connectivity index is 2.03. The molecular weight excluding hydrogens is 274 g/mol. The van der Waals surface area contributed by atoms with E-state index in [2.05, 4.69) is 18.4 Å². The molecule has 0 amide bonds. The summed E-state index contributed by atoms with van der Waals surface area (Å²) < 4.78 is 4.84. The van der Waals surface area contributed by atoms with Crippen molar-refractivity contribution in [2.75, 3.05) is 7.11 Å². The monoisotopic (exact) mass is 305 g/mol. The average molecular weight is 305 g/mol. The Labute approximate surface area is 135 Å². The highest BCUT2D eigenvalue weighted by Gasteiger charge is 2.29. The van der Waals surface area contributed by atoms with Crippen molar-refractivity contribution in [1.82, 2.24) is 0 Å². The van der Waals surface area contributed by atoms with Crippen LogP contribution in [0.3, 0.4) is 0 Å². The minimum atomic E-state index is -0.0944. The second-order valence-electron chi connectivity index (χ2n) is 6.91. The molecule has 2 rings (SSSR count). The van der Waals surface area contributed by atoms with Crippen LogP contribution in [0.25, 0.3) is 0 Å². The fraction of sp³-hybridized carbons (Fsp3) is 0.789. The van der Waals surface area contributed by atoms with E-state index < -0.39 is 0 Å². The van der Waals surface area contributed by atoms with E-state index >= 15 is 0 Å². The van der Waals surface area contributed by atoms with Gasteiger partial charge in [0.25, 0.3) is 0 Å². The van der Waals surface area contributed by atoms with Crippen LogP contribution < -0.4 is 0 Å². The van der Waals surface area contributed by atoms with Crippen LogP contribution in [-0.2, 0) is 9.53 Å². The summed E-state index contributed by atoms with van der Waals surface area (Å²) in [4.78, 5) is 16.5. The summed E-state index contributed by atoms with van der Waals surface area (Å²) in [6.45, 7) is 0. The second kappa shape index (κ2) is 9.12. The minimum absolute atomic E-state index is 0.0936. The molecule has 0 heterocycles. The van der Waals surface area contributed by atoms with E-state index in [-0.39, 0.29) is 11.4 Å². The molecule has 0 aromatic heterocycles. The summed E-state index contributed by atoms with van der Waals surface area (Å²) in [5.41, 5.74) is 0.0936. The van der Waals surface area contributed by atoms with Crippen LogP contribution in [0.15, 0.2) is 17.1 Å². The maximum Gasteiger partial charge on any atom is 0.305 e. The Morgan fingerprint density at radius 2 is 1.95 bits per heavy atom. The van der Waals surface area contributed by atoms with Gasteiger partial charge in [-0.05, 0) is 51.4 Å².